The molecule has 4 aliphatic rings. The first-order valence-electron chi connectivity index (χ1n) is 18.3. The summed E-state index contributed by atoms with van der Waals surface area (Å²) in [6, 6.07) is 14.0. The summed E-state index contributed by atoms with van der Waals surface area (Å²) in [4.78, 5) is 47.4. The Labute approximate surface area is 331 Å². The Balaban J connectivity index is 1.13. The van der Waals surface area contributed by atoms with Crippen molar-refractivity contribution in [3.8, 4) is 11.5 Å². The summed E-state index contributed by atoms with van der Waals surface area (Å²) in [6.07, 6.45) is 4.92. The molecule has 294 valence electrons. The number of carbonyl (C=O) groups excluding carboxylic acids is 3. The lowest BCUT2D eigenvalue weighted by Gasteiger charge is -2.44. The van der Waals surface area contributed by atoms with E-state index in [4.69, 9.17) is 42.1 Å². The van der Waals surface area contributed by atoms with Gasteiger partial charge in [0.05, 0.1) is 22.2 Å². The van der Waals surface area contributed by atoms with Crippen LogP contribution in [0.3, 0.4) is 0 Å². The molecule has 2 bridgehead atoms. The van der Waals surface area contributed by atoms with Gasteiger partial charge in [-0.15, -0.1) is 0 Å². The molecule has 3 atom stereocenters. The Morgan fingerprint density at radius 3 is 2.30 bits per heavy atom. The van der Waals surface area contributed by atoms with E-state index in [0.29, 0.717) is 30.2 Å². The monoisotopic (exact) mass is 811 g/mol. The van der Waals surface area contributed by atoms with Crippen molar-refractivity contribution in [1.29, 1.82) is 0 Å². The van der Waals surface area contributed by atoms with Crippen LogP contribution in [0.4, 0.5) is 13.2 Å². The van der Waals surface area contributed by atoms with Crippen LogP contribution in [0.25, 0.3) is 0 Å². The second kappa shape index (κ2) is 17.5. The molecule has 4 aromatic rings. The standard InChI is InChI=1S/C41H38Cl2F3N3O7/c42-30-19-47-20-31(43)29(30)18-34(25-10-11-33(56-41(45)46)35(17-25)53-22-23-8-9-23)54-39(51)27-5-3-4-26(16-27)38(50)48-37(28-6-1-2-7-32(28)44)40(52)55-36-21-49-14-12-24(36)13-15-49/h1-7,10-11,16-17,19-20,23-24,34,36-37,41H,8-9,12-15,18,21-22H2,(H,48,50)/t34-,36-,37?/m0/s1. The quantitative estimate of drug-likeness (QED) is 0.119. The van der Waals surface area contributed by atoms with Gasteiger partial charge in [0.15, 0.2) is 17.5 Å². The largest absolute Gasteiger partial charge is 0.489 e. The number of hydrogen-bond acceptors (Lipinski definition) is 9. The predicted molar refractivity (Wildman–Crippen MR) is 200 cm³/mol. The van der Waals surface area contributed by atoms with Crippen molar-refractivity contribution < 1.29 is 46.5 Å². The Morgan fingerprint density at radius 2 is 1.62 bits per heavy atom. The lowest BCUT2D eigenvalue weighted by molar-refractivity contribution is -0.161. The number of piperidine rings is 3. The molecule has 1 saturated carbocycles. The number of nitrogens with one attached hydrogen (secondary N) is 1. The average molecular weight is 813 g/mol. The Hall–Kier alpha value is -4.85. The van der Waals surface area contributed by atoms with Crippen molar-refractivity contribution in [2.24, 2.45) is 11.8 Å². The van der Waals surface area contributed by atoms with Crippen LogP contribution >= 0.6 is 23.2 Å². The van der Waals surface area contributed by atoms with E-state index in [2.05, 4.69) is 15.2 Å². The molecule has 4 heterocycles. The lowest BCUT2D eigenvalue weighted by atomic mass is 9.86. The van der Waals surface area contributed by atoms with Gasteiger partial charge in [-0.05, 0) is 98.1 Å². The summed E-state index contributed by atoms with van der Waals surface area (Å²) in [5.74, 6) is -2.78. The molecule has 3 aliphatic heterocycles. The molecule has 1 N–H and O–H groups in total. The van der Waals surface area contributed by atoms with Gasteiger partial charge in [-0.1, -0.05) is 53.5 Å². The molecule has 1 amide bonds. The number of amides is 1. The van der Waals surface area contributed by atoms with E-state index in [9.17, 15) is 23.2 Å². The fourth-order valence-electron chi connectivity index (χ4n) is 7.00. The van der Waals surface area contributed by atoms with Crippen LogP contribution in [0.5, 0.6) is 11.5 Å². The van der Waals surface area contributed by atoms with E-state index >= 15 is 4.39 Å². The minimum atomic E-state index is -3.10. The summed E-state index contributed by atoms with van der Waals surface area (Å²) in [7, 11) is 0. The smallest absolute Gasteiger partial charge is 0.387 e. The maximum Gasteiger partial charge on any atom is 0.387 e. The summed E-state index contributed by atoms with van der Waals surface area (Å²) in [5.41, 5.74) is 0.654. The van der Waals surface area contributed by atoms with E-state index in [0.717, 1.165) is 38.8 Å². The molecule has 1 aromatic heterocycles. The number of fused-ring (bicyclic) bond motifs is 3. The zero-order valence-electron chi connectivity index (χ0n) is 30.0. The van der Waals surface area contributed by atoms with Gasteiger partial charge in [0.1, 0.15) is 18.0 Å². The Kier molecular flexibility index (Phi) is 12.3. The topological polar surface area (TPSA) is 116 Å². The third kappa shape index (κ3) is 9.56. The van der Waals surface area contributed by atoms with Gasteiger partial charge in [-0.25, -0.2) is 14.0 Å². The van der Waals surface area contributed by atoms with Crippen LogP contribution in [0.15, 0.2) is 79.1 Å². The highest BCUT2D eigenvalue weighted by Crippen LogP contribution is 2.38. The van der Waals surface area contributed by atoms with Crippen LogP contribution in [0, 0.1) is 17.7 Å². The SMILES string of the molecule is O=C(NC(C(=O)O[C@H]1CN2CCC1CC2)c1ccccc1F)c1cccc(C(=O)O[C@@H](Cc2c(Cl)cncc2Cl)c2ccc(OC(F)F)c(OCC3CC3)c2)c1. The molecule has 1 unspecified atom stereocenters. The molecule has 56 heavy (non-hydrogen) atoms. The molecule has 15 heteroatoms. The van der Waals surface area contributed by atoms with Gasteiger partial charge in [0.25, 0.3) is 5.91 Å². The van der Waals surface area contributed by atoms with Crippen molar-refractivity contribution >= 4 is 41.0 Å². The number of ether oxygens (including phenoxy) is 4. The van der Waals surface area contributed by atoms with Crippen LogP contribution in [0.1, 0.15) is 75.2 Å². The normalized spacial score (nSPS) is 19.9. The number of hydrogen-bond donors (Lipinski definition) is 1. The first-order valence-corrected chi connectivity index (χ1v) is 19.1. The summed E-state index contributed by atoms with van der Waals surface area (Å²) >= 11 is 12.9. The van der Waals surface area contributed by atoms with Gasteiger partial charge < -0.3 is 24.3 Å². The fourth-order valence-corrected chi connectivity index (χ4v) is 7.52. The summed E-state index contributed by atoms with van der Waals surface area (Å²) in [6.45, 7) is -0.388. The minimum absolute atomic E-state index is 0.0162. The molecule has 0 radical (unpaired) electrons. The molecule has 4 fully saturated rings. The van der Waals surface area contributed by atoms with E-state index in [-0.39, 0.29) is 56.7 Å². The number of esters is 2. The first-order chi connectivity index (χ1) is 27.0. The van der Waals surface area contributed by atoms with Crippen LogP contribution in [-0.2, 0) is 20.7 Å². The summed E-state index contributed by atoms with van der Waals surface area (Å²) in [5, 5.41) is 3.03. The van der Waals surface area contributed by atoms with E-state index in [1.807, 2.05) is 0 Å². The van der Waals surface area contributed by atoms with Gasteiger partial charge in [0, 0.05) is 36.5 Å². The molecule has 8 rings (SSSR count). The predicted octanol–water partition coefficient (Wildman–Crippen LogP) is 8.17. The van der Waals surface area contributed by atoms with Crippen LogP contribution in [0.2, 0.25) is 10.0 Å². The number of alkyl halides is 2. The molecule has 3 aromatic carbocycles. The average Bonchev–Trinajstić information content (AvgIpc) is 4.03. The number of pyridine rings is 1. The summed E-state index contributed by atoms with van der Waals surface area (Å²) < 4.78 is 64.1. The second-order valence-corrected chi connectivity index (χ2v) is 15.0. The maximum atomic E-state index is 15.1. The van der Waals surface area contributed by atoms with E-state index in [1.54, 1.807) is 6.07 Å². The number of carbonyl (C=O) groups is 3. The number of halogens is 5. The van der Waals surface area contributed by atoms with Crippen molar-refractivity contribution in [3.05, 3.63) is 123 Å². The molecular formula is C41H38Cl2F3N3O7. The maximum absolute atomic E-state index is 15.1. The number of nitrogens with zero attached hydrogens (tertiary/aromatic N) is 2. The molecule has 0 spiro atoms. The third-order valence-corrected chi connectivity index (χ3v) is 10.9. The molecule has 3 saturated heterocycles. The molecular weight excluding hydrogens is 774 g/mol. The zero-order valence-corrected chi connectivity index (χ0v) is 31.5. The van der Waals surface area contributed by atoms with Crippen LogP contribution < -0.4 is 14.8 Å². The highest BCUT2D eigenvalue weighted by molar-refractivity contribution is 6.35. The number of rotatable bonds is 15. The van der Waals surface area contributed by atoms with E-state index < -0.39 is 42.4 Å². The van der Waals surface area contributed by atoms with Crippen molar-refractivity contribution in [1.82, 2.24) is 15.2 Å². The van der Waals surface area contributed by atoms with Gasteiger partial charge in [0.2, 0.25) is 0 Å². The van der Waals surface area contributed by atoms with Crippen molar-refractivity contribution in [2.45, 2.75) is 57.0 Å². The second-order valence-electron chi connectivity index (χ2n) is 14.1. The first kappa shape index (κ1) is 39.4. The number of benzene rings is 3. The third-order valence-electron chi connectivity index (χ3n) is 10.3. The van der Waals surface area contributed by atoms with Gasteiger partial charge in [-0.3, -0.25) is 14.7 Å². The van der Waals surface area contributed by atoms with Crippen LogP contribution in [-0.4, -0.2) is 66.7 Å². The highest BCUT2D eigenvalue weighted by atomic mass is 35.5. The molecule has 1 aliphatic carbocycles. The fraction of sp³-hybridized carbons (Fsp3) is 0.366. The van der Waals surface area contributed by atoms with Crippen molar-refractivity contribution in [2.75, 3.05) is 26.2 Å². The Bertz CT molecular complexity index is 2060. The van der Waals surface area contributed by atoms with Gasteiger partial charge >= 0.3 is 18.6 Å². The van der Waals surface area contributed by atoms with E-state index in [1.165, 1.54) is 73.1 Å². The Morgan fingerprint density at radius 1 is 0.893 bits per heavy atom. The highest BCUT2D eigenvalue weighted by Gasteiger charge is 2.39. The lowest BCUT2D eigenvalue weighted by Crippen LogP contribution is -2.52. The zero-order chi connectivity index (χ0) is 39.3. The molecule has 10 nitrogen and oxygen atoms in total. The van der Waals surface area contributed by atoms with Crippen molar-refractivity contribution in [3.63, 3.8) is 0 Å². The number of aromatic nitrogens is 1. The minimum Gasteiger partial charge on any atom is -0.489 e. The van der Waals surface area contributed by atoms with Gasteiger partial charge in [-0.2, -0.15) is 8.78 Å².